The summed E-state index contributed by atoms with van der Waals surface area (Å²) in [6, 6.07) is 11.5. The van der Waals surface area contributed by atoms with Gasteiger partial charge < -0.3 is 9.80 Å². The zero-order valence-electron chi connectivity index (χ0n) is 20.0. The molecule has 4 heterocycles. The molecular weight excluding hydrogens is 464 g/mol. The second-order valence-electron chi connectivity index (χ2n) is 9.90. The van der Waals surface area contributed by atoms with Crippen LogP contribution in [0.25, 0.3) is 16.6 Å². The maximum absolute atomic E-state index is 13.5. The summed E-state index contributed by atoms with van der Waals surface area (Å²) in [5.41, 5.74) is 2.71. The number of aryl methyl sites for hydroxylation is 2. The number of nitrogens with one attached hydrogen (secondary N) is 1. The number of aromatic nitrogens is 4. The Kier molecular flexibility index (Phi) is 5.01. The summed E-state index contributed by atoms with van der Waals surface area (Å²) in [6.07, 6.45) is 2.30. The van der Waals surface area contributed by atoms with Crippen molar-refractivity contribution in [1.82, 2.24) is 24.7 Å². The van der Waals surface area contributed by atoms with Crippen LogP contribution in [0.2, 0.25) is 0 Å². The zero-order chi connectivity index (χ0) is 24.5. The lowest BCUT2D eigenvalue weighted by Crippen LogP contribution is -2.45. The Balaban J connectivity index is 1.46. The van der Waals surface area contributed by atoms with Crippen LogP contribution in [0.1, 0.15) is 24.0 Å². The molecule has 4 aromatic rings. The van der Waals surface area contributed by atoms with E-state index in [-0.39, 0.29) is 15.6 Å². The van der Waals surface area contributed by atoms with Gasteiger partial charge in [0.25, 0.3) is 5.56 Å². The first-order chi connectivity index (χ1) is 16.7. The van der Waals surface area contributed by atoms with Gasteiger partial charge in [0, 0.05) is 24.8 Å². The molecule has 9 nitrogen and oxygen atoms in total. The van der Waals surface area contributed by atoms with Crippen LogP contribution in [0, 0.1) is 19.8 Å². The van der Waals surface area contributed by atoms with Crippen LogP contribution in [0.15, 0.2) is 51.1 Å². The fraction of sp³-hybridized carbons (Fsp3) is 0.400. The van der Waals surface area contributed by atoms with Crippen LogP contribution in [0.5, 0.6) is 0 Å². The molecule has 2 aliphatic heterocycles. The molecule has 2 aliphatic rings. The Morgan fingerprint density at radius 1 is 1.06 bits per heavy atom. The molecule has 0 radical (unpaired) electrons. The highest BCUT2D eigenvalue weighted by Crippen LogP contribution is 2.33. The molecule has 6 rings (SSSR count). The molecule has 2 aromatic carbocycles. The van der Waals surface area contributed by atoms with Gasteiger partial charge in [-0.1, -0.05) is 17.7 Å². The second-order valence-corrected chi connectivity index (χ2v) is 11.7. The number of hydrogen-bond acceptors (Lipinski definition) is 7. The molecule has 2 saturated heterocycles. The summed E-state index contributed by atoms with van der Waals surface area (Å²) < 4.78 is 28.5. The van der Waals surface area contributed by atoms with Gasteiger partial charge >= 0.3 is 0 Å². The van der Waals surface area contributed by atoms with Crippen molar-refractivity contribution in [2.45, 2.75) is 42.7 Å². The molecule has 35 heavy (non-hydrogen) atoms. The number of benzene rings is 2. The lowest BCUT2D eigenvalue weighted by Gasteiger charge is -2.38. The van der Waals surface area contributed by atoms with E-state index in [2.05, 4.69) is 32.1 Å². The van der Waals surface area contributed by atoms with Crippen LogP contribution in [0.3, 0.4) is 0 Å². The Morgan fingerprint density at radius 3 is 2.69 bits per heavy atom. The lowest BCUT2D eigenvalue weighted by molar-refractivity contribution is 0.239. The molecule has 10 heteroatoms. The standard InChI is InChI=1S/C25H28N6O3S/c1-15-4-7-22(16(2)12-15)35(33,34)25-23-26-24(32)19-6-5-18(13-21(19)31(23)28-27-25)30-11-9-20-17(14-30)8-10-29(20)3/h4-7,12-13,17,20,28H,8-11,14H2,1-3H3. The van der Waals surface area contributed by atoms with Crippen LogP contribution in [0.4, 0.5) is 5.69 Å². The summed E-state index contributed by atoms with van der Waals surface area (Å²) in [7, 11) is -1.78. The van der Waals surface area contributed by atoms with Gasteiger partial charge in [0.1, 0.15) is 0 Å². The first-order valence-electron chi connectivity index (χ1n) is 11.9. The van der Waals surface area contributed by atoms with E-state index in [0.717, 1.165) is 37.3 Å². The minimum absolute atomic E-state index is 0.00995. The molecule has 0 saturated carbocycles. The van der Waals surface area contributed by atoms with E-state index in [9.17, 15) is 13.2 Å². The summed E-state index contributed by atoms with van der Waals surface area (Å²) in [5, 5.41) is 7.09. The molecule has 0 amide bonds. The van der Waals surface area contributed by atoms with Gasteiger partial charge in [-0.2, -0.15) is 4.98 Å². The first-order valence-corrected chi connectivity index (χ1v) is 13.4. The number of aromatic amines is 1. The Bertz CT molecular complexity index is 1640. The largest absolute Gasteiger partial charge is 0.371 e. The quantitative estimate of drug-likeness (QED) is 0.469. The maximum atomic E-state index is 13.5. The van der Waals surface area contributed by atoms with Crippen molar-refractivity contribution < 1.29 is 8.42 Å². The van der Waals surface area contributed by atoms with Gasteiger partial charge in [0.05, 0.1) is 15.8 Å². The predicted octanol–water partition coefficient (Wildman–Crippen LogP) is 2.55. The van der Waals surface area contributed by atoms with Crippen LogP contribution >= 0.6 is 0 Å². The molecule has 2 fully saturated rings. The van der Waals surface area contributed by atoms with E-state index < -0.39 is 15.4 Å². The highest BCUT2D eigenvalue weighted by atomic mass is 32.2. The predicted molar refractivity (Wildman–Crippen MR) is 134 cm³/mol. The smallest absolute Gasteiger partial charge is 0.281 e. The molecule has 182 valence electrons. The number of hydrogen-bond donors (Lipinski definition) is 1. The number of likely N-dealkylation sites (tertiary alicyclic amines) is 1. The van der Waals surface area contributed by atoms with Gasteiger partial charge in [0.15, 0.2) is 5.65 Å². The van der Waals surface area contributed by atoms with Crippen molar-refractivity contribution in [3.63, 3.8) is 0 Å². The fourth-order valence-corrected chi connectivity index (χ4v) is 7.31. The number of sulfone groups is 1. The number of anilines is 1. The number of nitrogens with zero attached hydrogens (tertiary/aromatic N) is 5. The number of piperidine rings is 1. The molecule has 1 N–H and O–H groups in total. The molecular formula is C25H28N6O3S. The van der Waals surface area contributed by atoms with E-state index in [4.69, 9.17) is 0 Å². The number of rotatable bonds is 3. The maximum Gasteiger partial charge on any atom is 0.281 e. The van der Waals surface area contributed by atoms with Gasteiger partial charge in [0.2, 0.25) is 14.9 Å². The average molecular weight is 493 g/mol. The molecule has 0 bridgehead atoms. The van der Waals surface area contributed by atoms with Gasteiger partial charge in [-0.15, -0.1) is 5.10 Å². The SMILES string of the molecule is Cc1ccc(S(=O)(=O)c2n[nH]n3c2nc(=O)c2ccc(N4CCC5C(CCN5C)C4)cc23)c(C)c1. The number of fused-ring (bicyclic) bond motifs is 4. The second kappa shape index (κ2) is 7.89. The van der Waals surface area contributed by atoms with E-state index in [1.165, 1.54) is 10.9 Å². The Hall–Kier alpha value is -3.24. The monoisotopic (exact) mass is 492 g/mol. The van der Waals surface area contributed by atoms with E-state index in [0.29, 0.717) is 28.4 Å². The lowest BCUT2D eigenvalue weighted by atomic mass is 9.92. The fourth-order valence-electron chi connectivity index (χ4n) is 5.83. The Morgan fingerprint density at radius 2 is 1.89 bits per heavy atom. The molecule has 0 spiro atoms. The zero-order valence-corrected chi connectivity index (χ0v) is 20.8. The van der Waals surface area contributed by atoms with Crippen molar-refractivity contribution in [1.29, 1.82) is 0 Å². The third-order valence-electron chi connectivity index (χ3n) is 7.67. The molecule has 2 aromatic heterocycles. The summed E-state index contributed by atoms with van der Waals surface area (Å²) >= 11 is 0. The minimum Gasteiger partial charge on any atom is -0.371 e. The van der Waals surface area contributed by atoms with E-state index >= 15 is 0 Å². The van der Waals surface area contributed by atoms with Gasteiger partial charge in [-0.3, -0.25) is 4.79 Å². The summed E-state index contributed by atoms with van der Waals surface area (Å²) in [5.74, 6) is 0.631. The van der Waals surface area contributed by atoms with Crippen molar-refractivity contribution in [3.05, 3.63) is 57.9 Å². The van der Waals surface area contributed by atoms with Crippen LogP contribution in [-0.2, 0) is 9.84 Å². The minimum atomic E-state index is -3.98. The van der Waals surface area contributed by atoms with Gasteiger partial charge in [-0.05, 0) is 76.0 Å². The van der Waals surface area contributed by atoms with E-state index in [1.807, 2.05) is 25.1 Å². The molecule has 2 atom stereocenters. The van der Waals surface area contributed by atoms with Gasteiger partial charge in [-0.25, -0.2) is 18.1 Å². The average Bonchev–Trinajstić information content (AvgIpc) is 3.42. The molecule has 0 aliphatic carbocycles. The highest BCUT2D eigenvalue weighted by molar-refractivity contribution is 7.91. The van der Waals surface area contributed by atoms with Crippen molar-refractivity contribution >= 4 is 32.1 Å². The molecule has 2 unspecified atom stereocenters. The topological polar surface area (TPSA) is 104 Å². The summed E-state index contributed by atoms with van der Waals surface area (Å²) in [6.45, 7) is 6.70. The highest BCUT2D eigenvalue weighted by Gasteiger charge is 2.36. The van der Waals surface area contributed by atoms with E-state index in [1.54, 1.807) is 25.1 Å². The number of H-pyrrole nitrogens is 1. The normalized spacial score (nSPS) is 21.2. The Labute approximate surface area is 203 Å². The van der Waals surface area contributed by atoms with Crippen LogP contribution in [-0.4, -0.2) is 65.9 Å². The first kappa shape index (κ1) is 22.2. The van der Waals surface area contributed by atoms with Crippen molar-refractivity contribution in [2.24, 2.45) is 5.92 Å². The third kappa shape index (κ3) is 3.46. The third-order valence-corrected chi connectivity index (χ3v) is 9.49. The van der Waals surface area contributed by atoms with Crippen LogP contribution < -0.4 is 10.5 Å². The van der Waals surface area contributed by atoms with Crippen molar-refractivity contribution in [3.8, 4) is 0 Å². The summed E-state index contributed by atoms with van der Waals surface area (Å²) in [4.78, 5) is 22.0. The van der Waals surface area contributed by atoms with Crippen molar-refractivity contribution in [2.75, 3.05) is 31.6 Å².